The molecule has 0 heterocycles. The Morgan fingerprint density at radius 2 is 2.08 bits per heavy atom. The molecule has 3 nitrogen and oxygen atoms in total. The molecule has 1 fully saturated rings. The van der Waals surface area contributed by atoms with Gasteiger partial charge in [0.2, 0.25) is 5.91 Å². The molecule has 76 valence electrons. The lowest BCUT2D eigenvalue weighted by Gasteiger charge is -2.25. The molecule has 3 heteroatoms. The Balaban J connectivity index is 2.39. The van der Waals surface area contributed by atoms with E-state index in [-0.39, 0.29) is 5.91 Å². The molecular formula is C10H20N2O. The van der Waals surface area contributed by atoms with Gasteiger partial charge < -0.3 is 10.6 Å². The number of hydrogen-bond donors (Lipinski definition) is 1. The number of nitrogens with two attached hydrogens (primary N) is 1. The zero-order chi connectivity index (χ0) is 10.2. The molecule has 0 aliphatic heterocycles. The number of carbonyl (C=O) groups is 1. The van der Waals surface area contributed by atoms with Crippen LogP contribution in [0.1, 0.15) is 27.2 Å². The first-order chi connectivity index (χ1) is 5.82. The van der Waals surface area contributed by atoms with Gasteiger partial charge in [-0.15, -0.1) is 0 Å². The van der Waals surface area contributed by atoms with Crippen LogP contribution in [0.25, 0.3) is 0 Å². The van der Waals surface area contributed by atoms with Crippen molar-refractivity contribution in [3.05, 3.63) is 0 Å². The van der Waals surface area contributed by atoms with E-state index in [0.29, 0.717) is 5.92 Å². The highest BCUT2D eigenvalue weighted by atomic mass is 16.2. The van der Waals surface area contributed by atoms with E-state index in [0.717, 1.165) is 12.5 Å². The van der Waals surface area contributed by atoms with Crippen molar-refractivity contribution >= 4 is 5.91 Å². The van der Waals surface area contributed by atoms with Crippen LogP contribution in [-0.4, -0.2) is 29.9 Å². The average Bonchev–Trinajstić information content (AvgIpc) is 2.63. The van der Waals surface area contributed by atoms with Crippen molar-refractivity contribution in [3.63, 3.8) is 0 Å². The molecule has 1 amide bonds. The summed E-state index contributed by atoms with van der Waals surface area (Å²) in [5.41, 5.74) is 4.99. The Labute approximate surface area is 80.3 Å². The minimum Gasteiger partial charge on any atom is -0.344 e. The van der Waals surface area contributed by atoms with Crippen LogP contribution in [0.15, 0.2) is 0 Å². The summed E-state index contributed by atoms with van der Waals surface area (Å²) in [5.74, 6) is 1.53. The van der Waals surface area contributed by atoms with Crippen molar-refractivity contribution in [2.45, 2.75) is 32.7 Å². The van der Waals surface area contributed by atoms with E-state index >= 15 is 0 Å². The van der Waals surface area contributed by atoms with E-state index in [1.54, 1.807) is 18.7 Å². The lowest BCUT2D eigenvalue weighted by Crippen LogP contribution is -2.50. The monoisotopic (exact) mass is 184 g/mol. The van der Waals surface area contributed by atoms with Crippen LogP contribution in [0.5, 0.6) is 0 Å². The summed E-state index contributed by atoms with van der Waals surface area (Å²) in [4.78, 5) is 13.4. The summed E-state index contributed by atoms with van der Waals surface area (Å²) in [6, 6.07) is 0. The molecule has 1 rings (SSSR count). The molecule has 0 radical (unpaired) electrons. The highest BCUT2D eigenvalue weighted by molar-refractivity contribution is 5.84. The molecule has 0 spiro atoms. The third kappa shape index (κ3) is 2.69. The molecule has 13 heavy (non-hydrogen) atoms. The van der Waals surface area contributed by atoms with Crippen molar-refractivity contribution in [3.8, 4) is 0 Å². The number of nitrogens with zero attached hydrogens (tertiary/aromatic N) is 1. The minimum atomic E-state index is -0.729. The highest BCUT2D eigenvalue weighted by Crippen LogP contribution is 2.38. The smallest absolute Gasteiger partial charge is 0.241 e. The fourth-order valence-electron chi connectivity index (χ4n) is 1.58. The third-order valence-electron chi connectivity index (χ3n) is 2.68. The van der Waals surface area contributed by atoms with Crippen LogP contribution < -0.4 is 5.73 Å². The molecule has 0 saturated heterocycles. The Kier molecular flexibility index (Phi) is 2.66. The maximum absolute atomic E-state index is 11.6. The van der Waals surface area contributed by atoms with Gasteiger partial charge in [-0.05, 0) is 32.1 Å². The fraction of sp³-hybridized carbons (Fsp3) is 0.900. The lowest BCUT2D eigenvalue weighted by atomic mass is 10.1. The second-order valence-corrected chi connectivity index (χ2v) is 4.88. The fourth-order valence-corrected chi connectivity index (χ4v) is 1.58. The van der Waals surface area contributed by atoms with E-state index in [1.807, 2.05) is 7.05 Å². The summed E-state index contributed by atoms with van der Waals surface area (Å²) in [5, 5.41) is 0. The molecule has 2 unspecified atom stereocenters. The molecule has 1 saturated carbocycles. The summed E-state index contributed by atoms with van der Waals surface area (Å²) in [6.45, 7) is 6.58. The predicted molar refractivity (Wildman–Crippen MR) is 53.2 cm³/mol. The Morgan fingerprint density at radius 3 is 2.38 bits per heavy atom. The van der Waals surface area contributed by atoms with E-state index < -0.39 is 5.54 Å². The molecule has 0 aromatic rings. The Hall–Kier alpha value is -0.570. The summed E-state index contributed by atoms with van der Waals surface area (Å²) in [7, 11) is 1.84. The number of amides is 1. The first-order valence-corrected chi connectivity index (χ1v) is 4.87. The van der Waals surface area contributed by atoms with E-state index in [1.165, 1.54) is 6.42 Å². The van der Waals surface area contributed by atoms with Gasteiger partial charge in [0.05, 0.1) is 5.54 Å². The van der Waals surface area contributed by atoms with E-state index in [9.17, 15) is 4.79 Å². The van der Waals surface area contributed by atoms with Crippen LogP contribution in [0.3, 0.4) is 0 Å². The molecule has 2 N–H and O–H groups in total. The molecule has 0 aromatic heterocycles. The first-order valence-electron chi connectivity index (χ1n) is 4.87. The maximum atomic E-state index is 11.6. The van der Waals surface area contributed by atoms with Crippen molar-refractivity contribution in [2.75, 3.05) is 13.6 Å². The van der Waals surface area contributed by atoms with Crippen LogP contribution in [0.2, 0.25) is 0 Å². The van der Waals surface area contributed by atoms with Gasteiger partial charge in [-0.25, -0.2) is 0 Å². The number of likely N-dealkylation sites (N-methyl/N-ethyl adjacent to an activating group) is 1. The van der Waals surface area contributed by atoms with Crippen LogP contribution in [0, 0.1) is 11.8 Å². The second kappa shape index (κ2) is 3.29. The minimum absolute atomic E-state index is 0.0339. The van der Waals surface area contributed by atoms with Crippen molar-refractivity contribution in [2.24, 2.45) is 17.6 Å². The summed E-state index contributed by atoms with van der Waals surface area (Å²) >= 11 is 0. The molecule has 0 bridgehead atoms. The molecule has 1 aliphatic rings. The van der Waals surface area contributed by atoms with E-state index in [2.05, 4.69) is 6.92 Å². The topological polar surface area (TPSA) is 46.3 Å². The van der Waals surface area contributed by atoms with Crippen LogP contribution >= 0.6 is 0 Å². The predicted octanol–water partition coefficient (Wildman–Crippen LogP) is 0.838. The lowest BCUT2D eigenvalue weighted by molar-refractivity contribution is -0.134. The first kappa shape index (κ1) is 10.5. The van der Waals surface area contributed by atoms with E-state index in [4.69, 9.17) is 5.73 Å². The molecule has 2 atom stereocenters. The standard InChI is InChI=1S/C10H20N2O/c1-7-5-8(7)6-12(4)9(13)10(2,3)11/h7-8H,5-6,11H2,1-4H3. The second-order valence-electron chi connectivity index (χ2n) is 4.88. The van der Waals surface area contributed by atoms with Gasteiger partial charge in [-0.1, -0.05) is 6.92 Å². The van der Waals surface area contributed by atoms with Crippen LogP contribution in [0.4, 0.5) is 0 Å². The number of carbonyl (C=O) groups excluding carboxylic acids is 1. The van der Waals surface area contributed by atoms with Gasteiger partial charge in [-0.2, -0.15) is 0 Å². The zero-order valence-electron chi connectivity index (χ0n) is 9.00. The van der Waals surface area contributed by atoms with Gasteiger partial charge in [0.15, 0.2) is 0 Å². The quantitative estimate of drug-likeness (QED) is 0.706. The molecule has 0 aromatic carbocycles. The number of rotatable bonds is 3. The average molecular weight is 184 g/mol. The van der Waals surface area contributed by atoms with Crippen LogP contribution in [-0.2, 0) is 4.79 Å². The normalized spacial score (nSPS) is 27.2. The van der Waals surface area contributed by atoms with Gasteiger partial charge in [0.25, 0.3) is 0 Å². The molecular weight excluding hydrogens is 164 g/mol. The third-order valence-corrected chi connectivity index (χ3v) is 2.68. The summed E-state index contributed by atoms with van der Waals surface area (Å²) < 4.78 is 0. The largest absolute Gasteiger partial charge is 0.344 e. The van der Waals surface area contributed by atoms with Gasteiger partial charge in [-0.3, -0.25) is 4.79 Å². The SMILES string of the molecule is CC1CC1CN(C)C(=O)C(C)(C)N. The number of hydrogen-bond acceptors (Lipinski definition) is 2. The maximum Gasteiger partial charge on any atom is 0.241 e. The highest BCUT2D eigenvalue weighted by Gasteiger charge is 2.36. The van der Waals surface area contributed by atoms with Gasteiger partial charge in [0.1, 0.15) is 0 Å². The van der Waals surface area contributed by atoms with Gasteiger partial charge >= 0.3 is 0 Å². The van der Waals surface area contributed by atoms with Gasteiger partial charge in [0, 0.05) is 13.6 Å². The van der Waals surface area contributed by atoms with Crippen molar-refractivity contribution in [1.29, 1.82) is 0 Å². The Morgan fingerprint density at radius 1 is 1.62 bits per heavy atom. The summed E-state index contributed by atoms with van der Waals surface area (Å²) in [6.07, 6.45) is 1.25. The van der Waals surface area contributed by atoms with Crippen molar-refractivity contribution in [1.82, 2.24) is 4.90 Å². The molecule has 1 aliphatic carbocycles. The Bertz CT molecular complexity index is 207. The van der Waals surface area contributed by atoms with Crippen molar-refractivity contribution < 1.29 is 4.79 Å². The zero-order valence-corrected chi connectivity index (χ0v) is 9.00.